The summed E-state index contributed by atoms with van der Waals surface area (Å²) in [7, 11) is 0. The second-order valence-corrected chi connectivity index (χ2v) is 4.37. The minimum atomic E-state index is -0.799. The van der Waals surface area contributed by atoms with Crippen molar-refractivity contribution in [2.75, 3.05) is 0 Å². The van der Waals surface area contributed by atoms with Gasteiger partial charge in [0.25, 0.3) is 0 Å². The molecule has 4 atom stereocenters. The predicted molar refractivity (Wildman–Crippen MR) is 80.2 cm³/mol. The number of carboxylic acids is 2. The van der Waals surface area contributed by atoms with Crippen LogP contribution in [0.4, 0.5) is 0 Å². The van der Waals surface area contributed by atoms with Crippen molar-refractivity contribution < 1.29 is 19.8 Å². The number of allylic oxidation sites excluding steroid dienone is 2. The molecule has 0 saturated heterocycles. The number of rotatable bonds is 2. The first-order valence-electron chi connectivity index (χ1n) is 5.73. The molecule has 0 aromatic heterocycles. The van der Waals surface area contributed by atoms with Crippen molar-refractivity contribution in [3.8, 4) is 0 Å². The Morgan fingerprint density at radius 3 is 1.25 bits per heavy atom. The fourth-order valence-electron chi connectivity index (χ4n) is 1.88. The van der Waals surface area contributed by atoms with E-state index in [-0.39, 0.29) is 48.7 Å². The molecule has 2 aliphatic rings. The number of carboxylic acid groups (broad SMARTS) is 2. The SMILES string of the molecule is Cl.Cl.N[C@@H]1C=CC[C@@H]1C(=O)O.N[C@H]1C=CC[C@H]1C(=O)O. The van der Waals surface area contributed by atoms with Gasteiger partial charge in [-0.25, -0.2) is 0 Å². The standard InChI is InChI=1S/2C6H9NO2.2ClH/c2*7-5-3-1-2-4(5)6(8)9;;/h2*1,3-5H,2,7H2,(H,8,9);2*1H/t2*4-,5+;;/m10../s1. The molecule has 0 spiro atoms. The molecule has 8 heteroatoms. The summed E-state index contributed by atoms with van der Waals surface area (Å²) in [4.78, 5) is 20.6. The van der Waals surface area contributed by atoms with Gasteiger partial charge in [-0.05, 0) is 12.8 Å². The first-order valence-corrected chi connectivity index (χ1v) is 5.73. The summed E-state index contributed by atoms with van der Waals surface area (Å²) in [5, 5.41) is 16.9. The number of hydrogen-bond donors (Lipinski definition) is 4. The zero-order chi connectivity index (χ0) is 13.7. The van der Waals surface area contributed by atoms with Gasteiger partial charge in [0.15, 0.2) is 0 Å². The van der Waals surface area contributed by atoms with Crippen molar-refractivity contribution in [2.45, 2.75) is 24.9 Å². The third kappa shape index (κ3) is 5.92. The maximum absolute atomic E-state index is 10.3. The zero-order valence-corrected chi connectivity index (χ0v) is 12.3. The van der Waals surface area contributed by atoms with Crippen LogP contribution in [-0.4, -0.2) is 34.2 Å². The van der Waals surface area contributed by atoms with E-state index in [0.717, 1.165) is 0 Å². The van der Waals surface area contributed by atoms with Gasteiger partial charge in [0.05, 0.1) is 11.8 Å². The van der Waals surface area contributed by atoms with Crippen LogP contribution in [0, 0.1) is 11.8 Å². The zero-order valence-electron chi connectivity index (χ0n) is 10.7. The van der Waals surface area contributed by atoms with Crippen molar-refractivity contribution in [3.05, 3.63) is 24.3 Å². The Labute approximate surface area is 129 Å². The third-order valence-corrected chi connectivity index (χ3v) is 3.06. The van der Waals surface area contributed by atoms with E-state index in [4.69, 9.17) is 21.7 Å². The van der Waals surface area contributed by atoms with E-state index in [1.54, 1.807) is 12.2 Å². The van der Waals surface area contributed by atoms with E-state index < -0.39 is 11.9 Å². The van der Waals surface area contributed by atoms with E-state index in [1.165, 1.54) is 0 Å². The molecule has 20 heavy (non-hydrogen) atoms. The summed E-state index contributed by atoms with van der Waals surface area (Å²) in [5.74, 6) is -2.37. The van der Waals surface area contributed by atoms with Gasteiger partial charge in [-0.2, -0.15) is 0 Å². The largest absolute Gasteiger partial charge is 0.481 e. The van der Waals surface area contributed by atoms with Crippen LogP contribution >= 0.6 is 24.8 Å². The predicted octanol–water partition coefficient (Wildman–Crippen LogP) is 0.792. The van der Waals surface area contributed by atoms with Crippen molar-refractivity contribution in [3.63, 3.8) is 0 Å². The molecule has 0 heterocycles. The van der Waals surface area contributed by atoms with Gasteiger partial charge in [0.1, 0.15) is 0 Å². The maximum Gasteiger partial charge on any atom is 0.308 e. The Kier molecular flexibility index (Phi) is 10.4. The van der Waals surface area contributed by atoms with Gasteiger partial charge in [0.2, 0.25) is 0 Å². The molecule has 2 rings (SSSR count). The number of aliphatic carboxylic acids is 2. The summed E-state index contributed by atoms with van der Waals surface area (Å²) in [5.41, 5.74) is 10.8. The Balaban J connectivity index is 0. The molecule has 0 aliphatic heterocycles. The maximum atomic E-state index is 10.3. The monoisotopic (exact) mass is 326 g/mol. The van der Waals surface area contributed by atoms with Crippen LogP contribution in [-0.2, 0) is 9.59 Å². The highest BCUT2D eigenvalue weighted by Crippen LogP contribution is 2.16. The van der Waals surface area contributed by atoms with E-state index >= 15 is 0 Å². The number of carbonyl (C=O) groups is 2. The van der Waals surface area contributed by atoms with E-state index in [1.807, 2.05) is 12.2 Å². The molecule has 0 aromatic carbocycles. The highest BCUT2D eigenvalue weighted by Gasteiger charge is 2.26. The molecular formula is C12H20Cl2N2O4. The fraction of sp³-hybridized carbons (Fsp3) is 0.500. The molecule has 0 saturated carbocycles. The van der Waals surface area contributed by atoms with Crippen LogP contribution in [0.3, 0.4) is 0 Å². The summed E-state index contributed by atoms with van der Waals surface area (Å²) in [6.45, 7) is 0. The Morgan fingerprint density at radius 2 is 1.15 bits per heavy atom. The molecule has 0 bridgehead atoms. The van der Waals surface area contributed by atoms with Gasteiger partial charge >= 0.3 is 11.9 Å². The van der Waals surface area contributed by atoms with Crippen LogP contribution in [0.1, 0.15) is 12.8 Å². The highest BCUT2D eigenvalue weighted by molar-refractivity contribution is 5.85. The minimum absolute atomic E-state index is 0. The van der Waals surface area contributed by atoms with Crippen LogP contribution in [0.25, 0.3) is 0 Å². The van der Waals surface area contributed by atoms with Crippen LogP contribution in [0.2, 0.25) is 0 Å². The van der Waals surface area contributed by atoms with E-state index in [9.17, 15) is 9.59 Å². The third-order valence-electron chi connectivity index (χ3n) is 3.06. The Bertz CT molecular complexity index is 352. The average molecular weight is 327 g/mol. The number of hydrogen-bond acceptors (Lipinski definition) is 4. The molecule has 116 valence electrons. The molecule has 0 unspecified atom stereocenters. The smallest absolute Gasteiger partial charge is 0.308 e. The second kappa shape index (κ2) is 9.77. The van der Waals surface area contributed by atoms with E-state index in [0.29, 0.717) is 12.8 Å². The molecule has 6 N–H and O–H groups in total. The second-order valence-electron chi connectivity index (χ2n) is 4.37. The van der Waals surface area contributed by atoms with Gasteiger partial charge in [-0.3, -0.25) is 9.59 Å². The first-order chi connectivity index (χ1) is 8.43. The van der Waals surface area contributed by atoms with Crippen LogP contribution in [0.15, 0.2) is 24.3 Å². The minimum Gasteiger partial charge on any atom is -0.481 e. The molecule has 0 radical (unpaired) electrons. The van der Waals surface area contributed by atoms with Gasteiger partial charge in [0, 0.05) is 12.1 Å². The van der Waals surface area contributed by atoms with Crippen molar-refractivity contribution in [2.24, 2.45) is 23.3 Å². The lowest BCUT2D eigenvalue weighted by Crippen LogP contribution is -2.30. The number of halogens is 2. The molecule has 6 nitrogen and oxygen atoms in total. The summed E-state index contributed by atoms with van der Waals surface area (Å²) < 4.78 is 0. The number of nitrogens with two attached hydrogens (primary N) is 2. The lowest BCUT2D eigenvalue weighted by Gasteiger charge is -2.07. The van der Waals surface area contributed by atoms with Gasteiger partial charge in [-0.15, -0.1) is 24.8 Å². The van der Waals surface area contributed by atoms with Crippen LogP contribution < -0.4 is 11.5 Å². The van der Waals surface area contributed by atoms with Crippen molar-refractivity contribution in [1.29, 1.82) is 0 Å². The molecule has 0 amide bonds. The molecule has 2 aliphatic carbocycles. The first kappa shape index (κ1) is 21.2. The summed E-state index contributed by atoms with van der Waals surface area (Å²) in [6, 6.07) is -0.551. The normalized spacial score (nSPS) is 29.7. The topological polar surface area (TPSA) is 127 Å². The molecule has 0 aromatic rings. The van der Waals surface area contributed by atoms with Gasteiger partial charge < -0.3 is 21.7 Å². The Hall–Kier alpha value is -1.08. The quantitative estimate of drug-likeness (QED) is 0.556. The highest BCUT2D eigenvalue weighted by atomic mass is 35.5. The molecule has 0 fully saturated rings. The fourth-order valence-corrected chi connectivity index (χ4v) is 1.88. The van der Waals surface area contributed by atoms with Crippen LogP contribution in [0.5, 0.6) is 0 Å². The average Bonchev–Trinajstić information content (AvgIpc) is 2.87. The summed E-state index contributed by atoms with van der Waals surface area (Å²) >= 11 is 0. The summed E-state index contributed by atoms with van der Waals surface area (Å²) in [6.07, 6.45) is 8.25. The van der Waals surface area contributed by atoms with E-state index in [2.05, 4.69) is 0 Å². The van der Waals surface area contributed by atoms with Crippen molar-refractivity contribution in [1.82, 2.24) is 0 Å². The lowest BCUT2D eigenvalue weighted by atomic mass is 10.0. The lowest BCUT2D eigenvalue weighted by molar-refractivity contribution is -0.142. The molecular weight excluding hydrogens is 307 g/mol. The van der Waals surface area contributed by atoms with Crippen molar-refractivity contribution >= 4 is 36.8 Å². The van der Waals surface area contributed by atoms with Gasteiger partial charge in [-0.1, -0.05) is 24.3 Å². The Morgan fingerprint density at radius 1 is 0.850 bits per heavy atom.